The van der Waals surface area contributed by atoms with Crippen molar-refractivity contribution in [3.05, 3.63) is 60.1 Å². The van der Waals surface area contributed by atoms with E-state index in [1.165, 1.54) is 18.7 Å². The van der Waals surface area contributed by atoms with Gasteiger partial charge in [0.2, 0.25) is 5.91 Å². The third kappa shape index (κ3) is 4.13. The molecular formula is C20H18N4O2S. The normalized spacial score (nSPS) is 11.7. The molecule has 0 aliphatic carbocycles. The van der Waals surface area contributed by atoms with Gasteiger partial charge in [0.1, 0.15) is 17.4 Å². The van der Waals surface area contributed by atoms with Crippen molar-refractivity contribution in [3.8, 4) is 6.07 Å². The van der Waals surface area contributed by atoms with E-state index in [-0.39, 0.29) is 23.0 Å². The number of amides is 1. The molecule has 1 amide bonds. The van der Waals surface area contributed by atoms with Crippen LogP contribution in [-0.4, -0.2) is 26.3 Å². The Labute approximate surface area is 161 Å². The Hall–Kier alpha value is -3.24. The van der Waals surface area contributed by atoms with Crippen molar-refractivity contribution >= 4 is 40.0 Å². The van der Waals surface area contributed by atoms with Gasteiger partial charge in [-0.15, -0.1) is 11.8 Å². The van der Waals surface area contributed by atoms with Gasteiger partial charge >= 0.3 is 0 Å². The number of aliphatic hydroxyl groups is 1. The highest BCUT2D eigenvalue weighted by Gasteiger charge is 2.16. The molecular weight excluding hydrogens is 360 g/mol. The first-order chi connectivity index (χ1) is 13.0. The van der Waals surface area contributed by atoms with Crippen LogP contribution in [0.25, 0.3) is 16.6 Å². The lowest BCUT2D eigenvalue weighted by Gasteiger charge is -2.06. The first kappa shape index (κ1) is 18.5. The summed E-state index contributed by atoms with van der Waals surface area (Å²) in [6.07, 6.45) is 0. The van der Waals surface area contributed by atoms with Gasteiger partial charge in [0.15, 0.2) is 5.82 Å². The number of hydrogen-bond donors (Lipinski definition) is 2. The molecule has 1 heterocycles. The van der Waals surface area contributed by atoms with Gasteiger partial charge in [-0.25, -0.2) is 4.98 Å². The maximum atomic E-state index is 11.1. The van der Waals surface area contributed by atoms with E-state index in [1.54, 1.807) is 16.7 Å². The van der Waals surface area contributed by atoms with Gasteiger partial charge in [-0.05, 0) is 36.4 Å². The fraction of sp³-hybridized carbons (Fsp3) is 0.150. The zero-order valence-corrected chi connectivity index (χ0v) is 15.7. The van der Waals surface area contributed by atoms with Crippen molar-refractivity contribution in [2.24, 2.45) is 7.05 Å². The molecule has 0 aliphatic heterocycles. The summed E-state index contributed by atoms with van der Waals surface area (Å²) in [5, 5.41) is 22.7. The molecule has 2 aromatic carbocycles. The number of nitriles is 1. The van der Waals surface area contributed by atoms with Crippen LogP contribution in [0.1, 0.15) is 12.7 Å². The molecule has 1 aromatic heterocycles. The quantitative estimate of drug-likeness (QED) is 0.396. The van der Waals surface area contributed by atoms with E-state index in [0.29, 0.717) is 11.5 Å². The number of nitrogens with one attached hydrogen (secondary N) is 1. The zero-order chi connectivity index (χ0) is 19.4. The van der Waals surface area contributed by atoms with Crippen molar-refractivity contribution in [3.63, 3.8) is 0 Å². The Morgan fingerprint density at radius 1 is 1.26 bits per heavy atom. The lowest BCUT2D eigenvalue weighted by atomic mass is 10.2. The van der Waals surface area contributed by atoms with Crippen LogP contribution in [0, 0.1) is 11.3 Å². The van der Waals surface area contributed by atoms with Gasteiger partial charge < -0.3 is 15.0 Å². The molecule has 27 heavy (non-hydrogen) atoms. The summed E-state index contributed by atoms with van der Waals surface area (Å²) in [5.41, 5.74) is 2.55. The molecule has 0 saturated carbocycles. The molecule has 7 heteroatoms. The molecule has 3 aromatic rings. The van der Waals surface area contributed by atoms with Crippen LogP contribution in [0.15, 0.2) is 59.2 Å². The number of allylic oxidation sites excluding steroid dienone is 1. The molecule has 0 radical (unpaired) electrons. The summed E-state index contributed by atoms with van der Waals surface area (Å²) < 4.78 is 1.80. The van der Waals surface area contributed by atoms with Crippen molar-refractivity contribution < 1.29 is 9.90 Å². The van der Waals surface area contributed by atoms with E-state index in [0.717, 1.165) is 15.9 Å². The van der Waals surface area contributed by atoms with Gasteiger partial charge in [0.25, 0.3) is 0 Å². The lowest BCUT2D eigenvalue weighted by Crippen LogP contribution is -2.05. The Morgan fingerprint density at radius 3 is 2.59 bits per heavy atom. The highest BCUT2D eigenvalue weighted by molar-refractivity contribution is 7.99. The van der Waals surface area contributed by atoms with E-state index in [9.17, 15) is 15.2 Å². The number of rotatable bonds is 5. The summed E-state index contributed by atoms with van der Waals surface area (Å²) in [6, 6.07) is 16.9. The van der Waals surface area contributed by atoms with Crippen LogP contribution in [0.3, 0.4) is 0 Å². The molecule has 0 atom stereocenters. The van der Waals surface area contributed by atoms with E-state index >= 15 is 0 Å². The topological polar surface area (TPSA) is 90.9 Å². The average molecular weight is 378 g/mol. The van der Waals surface area contributed by atoms with E-state index in [4.69, 9.17) is 0 Å². The monoisotopic (exact) mass is 378 g/mol. The molecule has 136 valence electrons. The third-order valence-electron chi connectivity index (χ3n) is 3.96. The number of hydrogen-bond acceptors (Lipinski definition) is 5. The maximum absolute atomic E-state index is 11.1. The zero-order valence-electron chi connectivity index (χ0n) is 14.9. The number of carbonyl (C=O) groups is 1. The number of aliphatic hydroxyl groups excluding tert-OH is 1. The summed E-state index contributed by atoms with van der Waals surface area (Å²) >= 11 is 1.40. The molecule has 0 bridgehead atoms. The Kier molecular flexibility index (Phi) is 5.48. The second kappa shape index (κ2) is 7.98. The van der Waals surface area contributed by atoms with Crippen molar-refractivity contribution in [1.29, 1.82) is 5.26 Å². The first-order valence-corrected chi connectivity index (χ1v) is 9.22. The Bertz CT molecular complexity index is 1060. The number of nitrogens with zero attached hydrogens (tertiary/aromatic N) is 3. The fourth-order valence-corrected chi connectivity index (χ4v) is 3.45. The summed E-state index contributed by atoms with van der Waals surface area (Å²) in [6.45, 7) is 1.45. The third-order valence-corrected chi connectivity index (χ3v) is 4.98. The van der Waals surface area contributed by atoms with Crippen LogP contribution in [0.2, 0.25) is 0 Å². The van der Waals surface area contributed by atoms with Crippen LogP contribution in [-0.2, 0) is 11.8 Å². The minimum absolute atomic E-state index is 0.0214. The number of benzene rings is 2. The molecule has 0 unspecified atom stereocenters. The summed E-state index contributed by atoms with van der Waals surface area (Å²) in [7, 11) is 1.82. The van der Waals surface area contributed by atoms with Gasteiger partial charge in [-0.3, -0.25) is 4.79 Å². The van der Waals surface area contributed by atoms with E-state index in [2.05, 4.69) is 16.4 Å². The second-order valence-electron chi connectivity index (χ2n) is 5.91. The highest BCUT2D eigenvalue weighted by Crippen LogP contribution is 2.26. The fourth-order valence-electron chi connectivity index (χ4n) is 2.67. The van der Waals surface area contributed by atoms with Crippen molar-refractivity contribution in [2.45, 2.75) is 11.8 Å². The highest BCUT2D eigenvalue weighted by atomic mass is 32.2. The number of anilines is 1. The van der Waals surface area contributed by atoms with Gasteiger partial charge in [-0.2, -0.15) is 5.26 Å². The number of aromatic nitrogens is 2. The minimum atomic E-state index is -0.128. The largest absolute Gasteiger partial charge is 0.510 e. The second-order valence-corrected chi connectivity index (χ2v) is 6.96. The molecule has 0 spiro atoms. The SMILES string of the molecule is CC(=O)Nc1ccc(SC/C(O)=C(\C#N)c2nc3ccccc3n2C)cc1. The van der Waals surface area contributed by atoms with E-state index in [1.807, 2.05) is 43.4 Å². The number of aryl methyl sites for hydroxylation is 1. The molecule has 6 nitrogen and oxygen atoms in total. The lowest BCUT2D eigenvalue weighted by molar-refractivity contribution is -0.114. The molecule has 0 saturated heterocycles. The van der Waals surface area contributed by atoms with Crippen LogP contribution >= 0.6 is 11.8 Å². The molecule has 2 N–H and O–H groups in total. The van der Waals surface area contributed by atoms with Crippen LogP contribution in [0.5, 0.6) is 0 Å². The van der Waals surface area contributed by atoms with Gasteiger partial charge in [0, 0.05) is 24.6 Å². The molecule has 3 rings (SSSR count). The predicted octanol–water partition coefficient (Wildman–Crippen LogP) is 4.12. The molecule has 0 aliphatic rings. The average Bonchev–Trinajstić information content (AvgIpc) is 2.98. The number of thioether (sulfide) groups is 1. The minimum Gasteiger partial charge on any atom is -0.510 e. The van der Waals surface area contributed by atoms with Crippen LogP contribution in [0.4, 0.5) is 5.69 Å². The number of carbonyl (C=O) groups excluding carboxylic acids is 1. The number of para-hydroxylation sites is 2. The summed E-state index contributed by atoms with van der Waals surface area (Å²) in [5.74, 6) is 0.535. The predicted molar refractivity (Wildman–Crippen MR) is 107 cm³/mol. The Morgan fingerprint density at radius 2 is 1.96 bits per heavy atom. The van der Waals surface area contributed by atoms with Gasteiger partial charge in [-0.1, -0.05) is 12.1 Å². The van der Waals surface area contributed by atoms with E-state index < -0.39 is 0 Å². The molecule has 0 fully saturated rings. The van der Waals surface area contributed by atoms with Crippen LogP contribution < -0.4 is 5.32 Å². The van der Waals surface area contributed by atoms with Crippen molar-refractivity contribution in [2.75, 3.05) is 11.1 Å². The number of fused-ring (bicyclic) bond motifs is 1. The summed E-state index contributed by atoms with van der Waals surface area (Å²) in [4.78, 5) is 16.4. The Balaban J connectivity index is 1.80. The van der Waals surface area contributed by atoms with Crippen molar-refractivity contribution in [1.82, 2.24) is 9.55 Å². The maximum Gasteiger partial charge on any atom is 0.221 e. The smallest absolute Gasteiger partial charge is 0.221 e. The first-order valence-electron chi connectivity index (χ1n) is 8.24. The van der Waals surface area contributed by atoms with Gasteiger partial charge in [0.05, 0.1) is 16.8 Å². The number of imidazole rings is 1. The standard InChI is InChI=1S/C20H18N4O2S/c1-13(25)22-14-7-9-15(10-8-14)27-12-19(26)16(11-21)20-23-17-5-3-4-6-18(17)24(20)2/h3-10,26H,12H2,1-2H3,(H,22,25)/b19-16-.